The number of hydrogen-bond acceptors (Lipinski definition) is 8. The predicted octanol–water partition coefficient (Wildman–Crippen LogP) is 15.2. The Morgan fingerprint density at radius 1 is 0.509 bits per heavy atom. The molecule has 0 amide bonds. The molecule has 254 valence electrons. The highest BCUT2D eigenvalue weighted by Crippen LogP contribution is 2.52. The van der Waals surface area contributed by atoms with Crippen LogP contribution in [0.3, 0.4) is 0 Å². The molecule has 1 aliphatic carbocycles. The van der Waals surface area contributed by atoms with Crippen molar-refractivity contribution in [2.75, 3.05) is 0 Å². The highest BCUT2D eigenvalue weighted by molar-refractivity contribution is 7.25. The van der Waals surface area contributed by atoms with Crippen LogP contribution in [0.4, 0.5) is 0 Å². The molecule has 9 rings (SSSR count). The quantitative estimate of drug-likeness (QED) is 0.144. The van der Waals surface area contributed by atoms with Crippen molar-refractivity contribution in [3.8, 4) is 63.7 Å². The largest absolute Gasteiger partial charge is 0.192 e. The van der Waals surface area contributed by atoms with Gasteiger partial charge in [0.2, 0.25) is 0 Å². The molecule has 0 bridgehead atoms. The minimum Gasteiger partial charge on any atom is -0.192 e. The SMILES string of the molecule is CC1(C)c2cc(-c3ccc(-c4ccc(/C=C(\C#N)c5cccs5)s4)s3)ccc2-c2ccc(-c3ccc(-c4ccc(/C=C(\C#N)c5cccs5)s4)s3)cc21. The Kier molecular flexibility index (Phi) is 8.84. The van der Waals surface area contributed by atoms with Gasteiger partial charge in [-0.2, -0.15) is 10.5 Å². The molecule has 0 atom stereocenters. The van der Waals surface area contributed by atoms with E-state index in [1.807, 2.05) is 69.9 Å². The highest BCUT2D eigenvalue weighted by atomic mass is 32.1. The maximum absolute atomic E-state index is 9.72. The summed E-state index contributed by atoms with van der Waals surface area (Å²) in [5.74, 6) is 0. The molecule has 0 unspecified atom stereocenters. The number of nitriles is 2. The lowest BCUT2D eigenvalue weighted by molar-refractivity contribution is 0.661. The number of thiophene rings is 6. The first-order chi connectivity index (χ1) is 25.9. The first-order valence-electron chi connectivity index (χ1n) is 16.9. The first kappa shape index (κ1) is 33.9. The van der Waals surface area contributed by atoms with Gasteiger partial charge < -0.3 is 0 Å². The third kappa shape index (κ3) is 6.32. The summed E-state index contributed by atoms with van der Waals surface area (Å²) in [6.07, 6.45) is 3.99. The van der Waals surface area contributed by atoms with Crippen LogP contribution in [0.2, 0.25) is 0 Å². The van der Waals surface area contributed by atoms with Gasteiger partial charge in [0, 0.05) is 54.2 Å². The van der Waals surface area contributed by atoms with Gasteiger partial charge in [-0.05, 0) is 129 Å². The van der Waals surface area contributed by atoms with Crippen molar-refractivity contribution in [3.05, 3.63) is 151 Å². The number of nitrogens with zero attached hydrogens (tertiary/aromatic N) is 2. The summed E-state index contributed by atoms with van der Waals surface area (Å²) in [7, 11) is 0. The zero-order valence-electron chi connectivity index (χ0n) is 28.5. The Bertz CT molecular complexity index is 2590. The number of allylic oxidation sites excluding steroid dienone is 2. The van der Waals surface area contributed by atoms with Gasteiger partial charge in [0.15, 0.2) is 0 Å². The standard InChI is InChI=1S/C45H28N2S6/c1-45(2)35-23-27(39-15-17-43(52-39)41-13-9-31(50-41)21-29(25-46)37-5-3-19-48-37)7-11-33(35)34-12-8-28(24-36(34)45)40-16-18-44(53-40)42-14-10-32(51-42)22-30(26-47)38-6-4-20-49-38/h3-24H,1-2H3/b29-21+,30-22+. The van der Waals surface area contributed by atoms with Crippen molar-refractivity contribution in [3.63, 3.8) is 0 Å². The summed E-state index contributed by atoms with van der Waals surface area (Å²) in [5.41, 5.74) is 9.12. The van der Waals surface area contributed by atoms with Crippen LogP contribution < -0.4 is 0 Å². The molecule has 1 aliphatic rings. The van der Waals surface area contributed by atoms with Crippen LogP contribution >= 0.6 is 68.0 Å². The first-order valence-corrected chi connectivity index (χ1v) is 21.9. The topological polar surface area (TPSA) is 47.6 Å². The molecular formula is C45H28N2S6. The predicted molar refractivity (Wildman–Crippen MR) is 233 cm³/mol. The molecular weight excluding hydrogens is 761 g/mol. The van der Waals surface area contributed by atoms with Gasteiger partial charge in [-0.3, -0.25) is 0 Å². The zero-order chi connectivity index (χ0) is 36.1. The molecule has 6 heterocycles. The highest BCUT2D eigenvalue weighted by Gasteiger charge is 2.36. The van der Waals surface area contributed by atoms with Crippen molar-refractivity contribution in [1.82, 2.24) is 0 Å². The van der Waals surface area contributed by atoms with E-state index in [-0.39, 0.29) is 5.41 Å². The van der Waals surface area contributed by atoms with E-state index in [0.29, 0.717) is 11.1 Å². The van der Waals surface area contributed by atoms with Crippen molar-refractivity contribution >= 4 is 91.3 Å². The average molecular weight is 789 g/mol. The van der Waals surface area contributed by atoms with Gasteiger partial charge in [0.05, 0.1) is 11.1 Å². The minimum absolute atomic E-state index is 0.136. The van der Waals surface area contributed by atoms with Gasteiger partial charge in [0.25, 0.3) is 0 Å². The van der Waals surface area contributed by atoms with Gasteiger partial charge in [-0.15, -0.1) is 68.0 Å². The van der Waals surface area contributed by atoms with Gasteiger partial charge in [0.1, 0.15) is 12.1 Å². The fraction of sp³-hybridized carbons (Fsp3) is 0.0667. The van der Waals surface area contributed by atoms with Crippen LogP contribution in [0.25, 0.3) is 74.8 Å². The fourth-order valence-corrected chi connectivity index (χ4v) is 12.4. The van der Waals surface area contributed by atoms with E-state index in [4.69, 9.17) is 0 Å². The van der Waals surface area contributed by atoms with Crippen LogP contribution in [-0.2, 0) is 5.41 Å². The van der Waals surface area contributed by atoms with Crippen molar-refractivity contribution in [2.24, 2.45) is 0 Å². The molecule has 0 spiro atoms. The normalized spacial score (nSPS) is 13.4. The summed E-state index contributed by atoms with van der Waals surface area (Å²) in [6.45, 7) is 4.70. The summed E-state index contributed by atoms with van der Waals surface area (Å²) in [5, 5.41) is 23.4. The minimum atomic E-state index is -0.136. The molecule has 8 aromatic rings. The van der Waals surface area contributed by atoms with E-state index < -0.39 is 0 Å². The van der Waals surface area contributed by atoms with E-state index in [1.165, 1.54) is 62.6 Å². The lowest BCUT2D eigenvalue weighted by atomic mass is 9.81. The summed E-state index contributed by atoms with van der Waals surface area (Å²) < 4.78 is 0. The molecule has 2 nitrogen and oxygen atoms in total. The van der Waals surface area contributed by atoms with Crippen LogP contribution in [0.15, 0.2) is 120 Å². The number of fused-ring (bicyclic) bond motifs is 3. The summed E-state index contributed by atoms with van der Waals surface area (Å²) >= 11 is 10.3. The Hall–Kier alpha value is -4.90. The van der Waals surface area contributed by atoms with Gasteiger partial charge in [-0.25, -0.2) is 0 Å². The van der Waals surface area contributed by atoms with Crippen molar-refractivity contribution < 1.29 is 0 Å². The third-order valence-electron chi connectivity index (χ3n) is 9.58. The second kappa shape index (κ2) is 13.8. The third-order valence-corrected chi connectivity index (χ3v) is 16.1. The number of hydrogen-bond donors (Lipinski definition) is 0. The van der Waals surface area contributed by atoms with Gasteiger partial charge in [-0.1, -0.05) is 50.2 Å². The number of rotatable bonds is 8. The van der Waals surface area contributed by atoms with Crippen molar-refractivity contribution in [2.45, 2.75) is 19.3 Å². The lowest BCUT2D eigenvalue weighted by Crippen LogP contribution is -2.15. The summed E-state index contributed by atoms with van der Waals surface area (Å²) in [6, 6.07) is 44.1. The van der Waals surface area contributed by atoms with Crippen LogP contribution in [-0.4, -0.2) is 0 Å². The Morgan fingerprint density at radius 2 is 0.925 bits per heavy atom. The Labute approximate surface area is 332 Å². The summed E-state index contributed by atoms with van der Waals surface area (Å²) in [4.78, 5) is 11.6. The second-order valence-corrected chi connectivity index (χ2v) is 19.5. The average Bonchev–Trinajstić information content (AvgIpc) is 4.03. The lowest BCUT2D eigenvalue weighted by Gasteiger charge is -2.22. The maximum atomic E-state index is 9.72. The molecule has 8 heteroatoms. The second-order valence-electron chi connectivity index (χ2n) is 13.2. The molecule has 6 aromatic heterocycles. The van der Waals surface area contributed by atoms with Crippen LogP contribution in [0.1, 0.15) is 44.5 Å². The number of benzene rings is 2. The molecule has 53 heavy (non-hydrogen) atoms. The molecule has 0 radical (unpaired) electrons. The monoisotopic (exact) mass is 788 g/mol. The molecule has 0 fully saturated rings. The molecule has 0 N–H and O–H groups in total. The van der Waals surface area contributed by atoms with E-state index >= 15 is 0 Å². The van der Waals surface area contributed by atoms with Gasteiger partial charge >= 0.3 is 0 Å². The molecule has 0 saturated heterocycles. The molecule has 2 aromatic carbocycles. The van der Waals surface area contributed by atoms with E-state index in [1.54, 1.807) is 45.3 Å². The van der Waals surface area contributed by atoms with E-state index in [0.717, 1.165) is 19.5 Å². The smallest absolute Gasteiger partial charge is 0.101 e. The zero-order valence-corrected chi connectivity index (χ0v) is 33.4. The van der Waals surface area contributed by atoms with Crippen LogP contribution in [0.5, 0.6) is 0 Å². The molecule has 0 aliphatic heterocycles. The Morgan fingerprint density at radius 3 is 1.34 bits per heavy atom. The maximum Gasteiger partial charge on any atom is 0.101 e. The van der Waals surface area contributed by atoms with E-state index in [2.05, 4.69) is 111 Å². The van der Waals surface area contributed by atoms with E-state index in [9.17, 15) is 10.5 Å². The Balaban J connectivity index is 0.954. The van der Waals surface area contributed by atoms with Crippen LogP contribution in [0, 0.1) is 22.7 Å². The van der Waals surface area contributed by atoms with Crippen molar-refractivity contribution in [1.29, 1.82) is 10.5 Å². The fourth-order valence-electron chi connectivity index (χ4n) is 6.89. The molecule has 0 saturated carbocycles.